The first-order chi connectivity index (χ1) is 13.2. The van der Waals surface area contributed by atoms with Gasteiger partial charge in [-0.1, -0.05) is 45.1 Å². The quantitative estimate of drug-likeness (QED) is 0.576. The number of aliphatic hydroxyl groups is 1. The Hall–Kier alpha value is -1.81. The number of hydrogen-bond donors (Lipinski definition) is 1. The topological polar surface area (TPSA) is 55.8 Å². The van der Waals surface area contributed by atoms with E-state index in [1.807, 2.05) is 24.3 Å². The molecule has 0 saturated heterocycles. The molecule has 3 aliphatic carbocycles. The van der Waals surface area contributed by atoms with Crippen molar-refractivity contribution in [3.8, 4) is 0 Å². The monoisotopic (exact) mass is 384 g/mol. The molecule has 152 valence electrons. The van der Waals surface area contributed by atoms with Crippen LogP contribution in [0.1, 0.15) is 52.9 Å². The molecular formula is C24H32O4. The van der Waals surface area contributed by atoms with Gasteiger partial charge in [0.25, 0.3) is 0 Å². The van der Waals surface area contributed by atoms with Crippen molar-refractivity contribution < 1.29 is 19.4 Å². The van der Waals surface area contributed by atoms with Crippen LogP contribution >= 0.6 is 0 Å². The van der Waals surface area contributed by atoms with E-state index in [1.54, 1.807) is 0 Å². The Kier molecular flexibility index (Phi) is 4.81. The van der Waals surface area contributed by atoms with Crippen molar-refractivity contribution >= 4 is 5.97 Å². The Morgan fingerprint density at radius 3 is 2.86 bits per heavy atom. The molecule has 0 aromatic carbocycles. The molecule has 5 atom stereocenters. The fourth-order valence-corrected chi connectivity index (χ4v) is 6.00. The van der Waals surface area contributed by atoms with Gasteiger partial charge in [0.05, 0.1) is 19.1 Å². The molecule has 0 spiro atoms. The SMILES string of the molecule is C=C1CC[C@@H]2C(C)(C)[C@H](O)CC[C@]2(C)[C@@H]1COC1=C[C@H]2OC(=O)CC=C2C=C1. The Labute approximate surface area is 168 Å². The third-order valence-electron chi connectivity index (χ3n) is 7.82. The van der Waals surface area contributed by atoms with Crippen LogP contribution in [-0.2, 0) is 14.3 Å². The Bertz CT molecular complexity index is 771. The second kappa shape index (κ2) is 6.91. The van der Waals surface area contributed by atoms with Crippen LogP contribution < -0.4 is 0 Å². The van der Waals surface area contributed by atoms with E-state index in [9.17, 15) is 9.90 Å². The maximum atomic E-state index is 11.6. The van der Waals surface area contributed by atoms with Crippen LogP contribution in [0.5, 0.6) is 0 Å². The summed E-state index contributed by atoms with van der Waals surface area (Å²) in [5.41, 5.74) is 2.27. The van der Waals surface area contributed by atoms with Crippen LogP contribution in [0.4, 0.5) is 0 Å². The molecule has 1 heterocycles. The molecule has 0 radical (unpaired) electrons. The zero-order chi connectivity index (χ0) is 20.1. The number of aliphatic hydroxyl groups excluding tert-OH is 1. The molecule has 4 aliphatic rings. The predicted molar refractivity (Wildman–Crippen MR) is 108 cm³/mol. The van der Waals surface area contributed by atoms with E-state index in [2.05, 4.69) is 27.4 Å². The smallest absolute Gasteiger partial charge is 0.310 e. The number of carbonyl (C=O) groups is 1. The summed E-state index contributed by atoms with van der Waals surface area (Å²) >= 11 is 0. The van der Waals surface area contributed by atoms with Crippen molar-refractivity contribution in [3.05, 3.63) is 47.8 Å². The highest BCUT2D eigenvalue weighted by molar-refractivity contribution is 5.74. The van der Waals surface area contributed by atoms with Crippen LogP contribution in [0.3, 0.4) is 0 Å². The lowest BCUT2D eigenvalue weighted by Crippen LogP contribution is -2.55. The molecule has 0 unspecified atom stereocenters. The molecular weight excluding hydrogens is 352 g/mol. The Morgan fingerprint density at radius 2 is 2.07 bits per heavy atom. The zero-order valence-corrected chi connectivity index (χ0v) is 17.2. The van der Waals surface area contributed by atoms with E-state index >= 15 is 0 Å². The molecule has 0 aromatic heterocycles. The average molecular weight is 385 g/mol. The van der Waals surface area contributed by atoms with E-state index < -0.39 is 0 Å². The zero-order valence-electron chi connectivity index (χ0n) is 17.2. The van der Waals surface area contributed by atoms with Gasteiger partial charge in [0.2, 0.25) is 0 Å². The van der Waals surface area contributed by atoms with Crippen molar-refractivity contribution in [1.82, 2.24) is 0 Å². The summed E-state index contributed by atoms with van der Waals surface area (Å²) in [6.45, 7) is 11.7. The first-order valence-electron chi connectivity index (χ1n) is 10.5. The van der Waals surface area contributed by atoms with Gasteiger partial charge >= 0.3 is 5.97 Å². The summed E-state index contributed by atoms with van der Waals surface area (Å²) in [6.07, 6.45) is 11.4. The van der Waals surface area contributed by atoms with Crippen LogP contribution in [-0.4, -0.2) is 29.9 Å². The fourth-order valence-electron chi connectivity index (χ4n) is 6.00. The van der Waals surface area contributed by atoms with Gasteiger partial charge in [-0.25, -0.2) is 0 Å². The maximum absolute atomic E-state index is 11.6. The van der Waals surface area contributed by atoms with Crippen molar-refractivity contribution in [2.24, 2.45) is 22.7 Å². The van der Waals surface area contributed by atoms with E-state index in [1.165, 1.54) is 5.57 Å². The molecule has 2 saturated carbocycles. The number of carbonyl (C=O) groups excluding carboxylic acids is 1. The van der Waals surface area contributed by atoms with Crippen LogP contribution in [0.2, 0.25) is 0 Å². The lowest BCUT2D eigenvalue weighted by molar-refractivity contribution is -0.145. The normalized spacial score (nSPS) is 39.3. The predicted octanol–water partition coefficient (Wildman–Crippen LogP) is 4.47. The second-order valence-corrected chi connectivity index (χ2v) is 9.72. The van der Waals surface area contributed by atoms with Crippen molar-refractivity contribution in [2.45, 2.75) is 65.1 Å². The number of esters is 1. The number of rotatable bonds is 3. The summed E-state index contributed by atoms with van der Waals surface area (Å²) < 4.78 is 11.6. The lowest BCUT2D eigenvalue weighted by atomic mass is 9.47. The molecule has 0 aromatic rings. The third-order valence-corrected chi connectivity index (χ3v) is 7.82. The molecule has 4 heteroatoms. The van der Waals surface area contributed by atoms with Crippen LogP contribution in [0, 0.1) is 22.7 Å². The highest BCUT2D eigenvalue weighted by Crippen LogP contribution is 2.60. The summed E-state index contributed by atoms with van der Waals surface area (Å²) in [7, 11) is 0. The molecule has 1 N–H and O–H groups in total. The lowest BCUT2D eigenvalue weighted by Gasteiger charge is -2.59. The number of fused-ring (bicyclic) bond motifs is 2. The highest BCUT2D eigenvalue weighted by atomic mass is 16.5. The molecule has 0 bridgehead atoms. The van der Waals surface area contributed by atoms with Gasteiger partial charge in [0.1, 0.15) is 11.9 Å². The number of hydrogen-bond acceptors (Lipinski definition) is 4. The summed E-state index contributed by atoms with van der Waals surface area (Å²) in [5, 5.41) is 10.6. The fraction of sp³-hybridized carbons (Fsp3) is 0.625. The number of ether oxygens (including phenoxy) is 2. The minimum Gasteiger partial charge on any atom is -0.493 e. The van der Waals surface area contributed by atoms with Crippen molar-refractivity contribution in [2.75, 3.05) is 6.61 Å². The summed E-state index contributed by atoms with van der Waals surface area (Å²) in [5.74, 6) is 1.27. The average Bonchev–Trinajstić information content (AvgIpc) is 2.64. The first-order valence-corrected chi connectivity index (χ1v) is 10.5. The second-order valence-electron chi connectivity index (χ2n) is 9.72. The Morgan fingerprint density at radius 1 is 1.29 bits per heavy atom. The summed E-state index contributed by atoms with van der Waals surface area (Å²) in [6, 6.07) is 0. The molecule has 28 heavy (non-hydrogen) atoms. The minimum atomic E-state index is -0.331. The number of allylic oxidation sites excluding steroid dienone is 1. The largest absolute Gasteiger partial charge is 0.493 e. The molecule has 4 rings (SSSR count). The standard InChI is InChI=1S/C24H32O4/c1-15-5-9-20-23(2,3)21(25)11-12-24(20,4)18(15)14-27-17-8-6-16-7-10-22(26)28-19(16)13-17/h6-8,13,18-21,25H,1,5,9-12,14H2,2-4H3/t18-,19-,20-,21-,24-/m1/s1. The molecule has 2 fully saturated rings. The molecule has 4 nitrogen and oxygen atoms in total. The Balaban J connectivity index is 1.50. The van der Waals surface area contributed by atoms with Crippen LogP contribution in [0.25, 0.3) is 0 Å². The van der Waals surface area contributed by atoms with Crippen molar-refractivity contribution in [1.29, 1.82) is 0 Å². The van der Waals surface area contributed by atoms with Gasteiger partial charge < -0.3 is 14.6 Å². The van der Waals surface area contributed by atoms with Gasteiger partial charge in [-0.2, -0.15) is 0 Å². The molecule has 1 aliphatic heterocycles. The van der Waals surface area contributed by atoms with Gasteiger partial charge in [-0.3, -0.25) is 4.79 Å². The van der Waals surface area contributed by atoms with Gasteiger partial charge in [0.15, 0.2) is 0 Å². The van der Waals surface area contributed by atoms with E-state index in [-0.39, 0.29) is 34.9 Å². The van der Waals surface area contributed by atoms with E-state index in [0.717, 1.165) is 37.0 Å². The van der Waals surface area contributed by atoms with E-state index in [0.29, 0.717) is 18.9 Å². The molecule has 0 amide bonds. The minimum absolute atomic E-state index is 0.0827. The van der Waals surface area contributed by atoms with Crippen LogP contribution in [0.15, 0.2) is 47.8 Å². The first kappa shape index (κ1) is 19.5. The van der Waals surface area contributed by atoms with E-state index in [4.69, 9.17) is 9.47 Å². The highest BCUT2D eigenvalue weighted by Gasteiger charge is 2.56. The third kappa shape index (κ3) is 3.16. The van der Waals surface area contributed by atoms with Crippen molar-refractivity contribution in [3.63, 3.8) is 0 Å². The summed E-state index contributed by atoms with van der Waals surface area (Å²) in [4.78, 5) is 11.6. The maximum Gasteiger partial charge on any atom is 0.310 e. The van der Waals surface area contributed by atoms with Gasteiger partial charge in [0, 0.05) is 12.0 Å². The van der Waals surface area contributed by atoms with Gasteiger partial charge in [-0.05, 0) is 54.1 Å². The van der Waals surface area contributed by atoms with Gasteiger partial charge in [-0.15, -0.1) is 0 Å².